The highest BCUT2D eigenvalue weighted by Crippen LogP contribution is 2.15. The topological polar surface area (TPSA) is 123 Å². The van der Waals surface area contributed by atoms with Crippen LogP contribution >= 0.6 is 0 Å². The minimum absolute atomic E-state index is 0.0703. The van der Waals surface area contributed by atoms with Crippen LogP contribution < -0.4 is 10.5 Å². The number of amidine groups is 1. The number of nitrogens with two attached hydrogens (primary N) is 1. The summed E-state index contributed by atoms with van der Waals surface area (Å²) in [7, 11) is 0. The Morgan fingerprint density at radius 1 is 0.917 bits per heavy atom. The molecular formula is C28H27N3O5. The SMILES string of the molecule is CCOC(=O)CN(Cc1ccccc1)C(=O)/C=C/c1ccc(C(=O)Oc2ccc(C(=N)N)cc2)cc1. The van der Waals surface area contributed by atoms with Crippen molar-refractivity contribution in [3.63, 3.8) is 0 Å². The third kappa shape index (κ3) is 7.66. The number of nitrogens with zero attached hydrogens (tertiary/aromatic N) is 1. The van der Waals surface area contributed by atoms with Crippen LogP contribution in [-0.4, -0.2) is 41.7 Å². The Kier molecular flexibility index (Phi) is 9.11. The van der Waals surface area contributed by atoms with Crippen LogP contribution in [0.15, 0.2) is 84.9 Å². The summed E-state index contributed by atoms with van der Waals surface area (Å²) in [6.07, 6.45) is 2.99. The fourth-order valence-electron chi connectivity index (χ4n) is 3.25. The molecule has 0 fully saturated rings. The number of amides is 1. The van der Waals surface area contributed by atoms with Crippen molar-refractivity contribution in [2.24, 2.45) is 5.73 Å². The summed E-state index contributed by atoms with van der Waals surface area (Å²) in [5.41, 5.74) is 7.88. The van der Waals surface area contributed by atoms with Crippen LogP contribution in [0.2, 0.25) is 0 Å². The molecule has 0 aromatic heterocycles. The average Bonchev–Trinajstić information content (AvgIpc) is 2.88. The molecule has 3 aromatic carbocycles. The molecule has 0 unspecified atom stereocenters. The molecule has 0 aliphatic heterocycles. The maximum atomic E-state index is 12.8. The standard InChI is InChI=1S/C28H27N3O5/c1-2-35-26(33)19-31(18-21-6-4-3-5-7-21)25(32)17-10-20-8-11-23(12-9-20)28(34)36-24-15-13-22(14-16-24)27(29)30/h3-17H,2,18-19H2,1H3,(H3,29,30)/b17-10+. The number of nitrogen functional groups attached to an aromatic ring is 1. The van der Waals surface area contributed by atoms with Crippen LogP contribution in [0, 0.1) is 5.41 Å². The van der Waals surface area contributed by atoms with Crippen molar-refractivity contribution in [2.45, 2.75) is 13.5 Å². The summed E-state index contributed by atoms with van der Waals surface area (Å²) in [4.78, 5) is 38.7. The van der Waals surface area contributed by atoms with Gasteiger partial charge in [0, 0.05) is 18.2 Å². The van der Waals surface area contributed by atoms with Gasteiger partial charge in [-0.05, 0) is 60.5 Å². The molecule has 0 aliphatic rings. The molecular weight excluding hydrogens is 458 g/mol. The lowest BCUT2D eigenvalue weighted by molar-refractivity contribution is -0.148. The lowest BCUT2D eigenvalue weighted by Crippen LogP contribution is -2.35. The van der Waals surface area contributed by atoms with Gasteiger partial charge in [-0.1, -0.05) is 42.5 Å². The molecule has 0 spiro atoms. The van der Waals surface area contributed by atoms with Gasteiger partial charge in [0.05, 0.1) is 12.2 Å². The smallest absolute Gasteiger partial charge is 0.343 e. The molecule has 3 N–H and O–H groups in total. The second kappa shape index (κ2) is 12.7. The van der Waals surface area contributed by atoms with Crippen LogP contribution in [0.25, 0.3) is 6.08 Å². The number of hydrogen-bond donors (Lipinski definition) is 2. The lowest BCUT2D eigenvalue weighted by atomic mass is 10.1. The van der Waals surface area contributed by atoms with Crippen LogP contribution in [0.1, 0.15) is 34.0 Å². The Morgan fingerprint density at radius 2 is 1.56 bits per heavy atom. The number of ether oxygens (including phenoxy) is 2. The van der Waals surface area contributed by atoms with Gasteiger partial charge in [0.1, 0.15) is 18.1 Å². The second-order valence-corrected chi connectivity index (χ2v) is 7.77. The molecule has 0 radical (unpaired) electrons. The Hall–Kier alpha value is -4.72. The van der Waals surface area contributed by atoms with E-state index in [1.807, 2.05) is 30.3 Å². The first kappa shape index (κ1) is 25.9. The zero-order valence-electron chi connectivity index (χ0n) is 19.8. The number of benzene rings is 3. The van der Waals surface area contributed by atoms with E-state index in [4.69, 9.17) is 20.6 Å². The minimum Gasteiger partial charge on any atom is -0.465 e. The fraction of sp³-hybridized carbons (Fsp3) is 0.143. The highest BCUT2D eigenvalue weighted by atomic mass is 16.5. The van der Waals surface area contributed by atoms with Gasteiger partial charge in [-0.25, -0.2) is 4.79 Å². The zero-order chi connectivity index (χ0) is 25.9. The first-order chi connectivity index (χ1) is 17.4. The third-order valence-corrected chi connectivity index (χ3v) is 5.09. The molecule has 0 bridgehead atoms. The van der Waals surface area contributed by atoms with E-state index in [1.54, 1.807) is 61.5 Å². The predicted octanol–water partition coefficient (Wildman–Crippen LogP) is 3.79. The molecule has 0 heterocycles. The monoisotopic (exact) mass is 485 g/mol. The van der Waals surface area contributed by atoms with Gasteiger partial charge in [-0.3, -0.25) is 15.0 Å². The maximum absolute atomic E-state index is 12.8. The van der Waals surface area contributed by atoms with E-state index in [-0.39, 0.29) is 31.4 Å². The van der Waals surface area contributed by atoms with Crippen LogP contribution in [0.5, 0.6) is 5.75 Å². The quantitative estimate of drug-likeness (QED) is 0.148. The van der Waals surface area contributed by atoms with Gasteiger partial charge in [0.2, 0.25) is 5.91 Å². The third-order valence-electron chi connectivity index (χ3n) is 5.09. The number of carbonyl (C=O) groups is 3. The summed E-state index contributed by atoms with van der Waals surface area (Å²) >= 11 is 0. The van der Waals surface area contributed by atoms with Gasteiger partial charge < -0.3 is 20.1 Å². The van der Waals surface area contributed by atoms with Gasteiger partial charge in [0.15, 0.2) is 0 Å². The second-order valence-electron chi connectivity index (χ2n) is 7.77. The van der Waals surface area contributed by atoms with Gasteiger partial charge in [-0.15, -0.1) is 0 Å². The molecule has 0 aliphatic carbocycles. The summed E-state index contributed by atoms with van der Waals surface area (Å²) in [5, 5.41) is 7.40. The van der Waals surface area contributed by atoms with Crippen molar-refractivity contribution in [2.75, 3.05) is 13.2 Å². The molecule has 3 rings (SSSR count). The number of esters is 2. The summed E-state index contributed by atoms with van der Waals surface area (Å²) in [5.74, 6) is -1.10. The van der Waals surface area contributed by atoms with Crippen molar-refractivity contribution >= 4 is 29.8 Å². The number of nitrogens with one attached hydrogen (secondary N) is 1. The normalized spacial score (nSPS) is 10.6. The molecule has 3 aromatic rings. The number of carbonyl (C=O) groups excluding carboxylic acids is 3. The van der Waals surface area contributed by atoms with Crippen LogP contribution in [-0.2, 0) is 20.9 Å². The molecule has 8 heteroatoms. The zero-order valence-corrected chi connectivity index (χ0v) is 19.8. The van der Waals surface area contributed by atoms with Crippen molar-refractivity contribution < 1.29 is 23.9 Å². The number of hydrogen-bond acceptors (Lipinski definition) is 6. The predicted molar refractivity (Wildman–Crippen MR) is 136 cm³/mol. The first-order valence-corrected chi connectivity index (χ1v) is 11.3. The largest absolute Gasteiger partial charge is 0.465 e. The van der Waals surface area contributed by atoms with Gasteiger partial charge in [-0.2, -0.15) is 0 Å². The van der Waals surface area contributed by atoms with Crippen LogP contribution in [0.4, 0.5) is 0 Å². The average molecular weight is 486 g/mol. The van der Waals surface area contributed by atoms with Gasteiger partial charge >= 0.3 is 11.9 Å². The number of rotatable bonds is 10. The van der Waals surface area contributed by atoms with Crippen molar-refractivity contribution in [3.8, 4) is 5.75 Å². The maximum Gasteiger partial charge on any atom is 0.343 e. The van der Waals surface area contributed by atoms with Crippen molar-refractivity contribution in [1.29, 1.82) is 5.41 Å². The van der Waals surface area contributed by atoms with Crippen LogP contribution in [0.3, 0.4) is 0 Å². The molecule has 184 valence electrons. The van der Waals surface area contributed by atoms with E-state index in [0.717, 1.165) is 5.56 Å². The molecule has 8 nitrogen and oxygen atoms in total. The molecule has 0 atom stereocenters. The van der Waals surface area contributed by atoms with E-state index in [9.17, 15) is 14.4 Å². The minimum atomic E-state index is -0.541. The molecule has 0 saturated carbocycles. The molecule has 36 heavy (non-hydrogen) atoms. The first-order valence-electron chi connectivity index (χ1n) is 11.3. The van der Waals surface area contributed by atoms with E-state index in [1.165, 1.54) is 11.0 Å². The van der Waals surface area contributed by atoms with E-state index in [2.05, 4.69) is 0 Å². The summed E-state index contributed by atoms with van der Waals surface area (Å²) < 4.78 is 10.3. The summed E-state index contributed by atoms with van der Waals surface area (Å²) in [6.45, 7) is 2.05. The highest BCUT2D eigenvalue weighted by Gasteiger charge is 2.16. The molecule has 1 amide bonds. The van der Waals surface area contributed by atoms with Crippen molar-refractivity contribution in [1.82, 2.24) is 4.90 Å². The van der Waals surface area contributed by atoms with E-state index >= 15 is 0 Å². The Morgan fingerprint density at radius 3 is 2.17 bits per heavy atom. The van der Waals surface area contributed by atoms with E-state index < -0.39 is 11.9 Å². The van der Waals surface area contributed by atoms with Crippen molar-refractivity contribution in [3.05, 3.63) is 107 Å². The Labute approximate surface area is 209 Å². The highest BCUT2D eigenvalue weighted by molar-refractivity contribution is 5.96. The van der Waals surface area contributed by atoms with Gasteiger partial charge in [0.25, 0.3) is 0 Å². The molecule has 0 saturated heterocycles. The summed E-state index contributed by atoms with van der Waals surface area (Å²) in [6, 6.07) is 22.3. The Balaban J connectivity index is 1.64. The fourth-order valence-corrected chi connectivity index (χ4v) is 3.25. The Bertz CT molecular complexity index is 1240. The lowest BCUT2D eigenvalue weighted by Gasteiger charge is -2.20. The van der Waals surface area contributed by atoms with E-state index in [0.29, 0.717) is 22.4 Å².